The van der Waals surface area contributed by atoms with Crippen LogP contribution in [0.1, 0.15) is 34.1 Å². The molecule has 12 heteroatoms. The molecule has 12 nitrogen and oxygen atoms in total. The van der Waals surface area contributed by atoms with Crippen molar-refractivity contribution in [3.05, 3.63) is 72.8 Å². The van der Waals surface area contributed by atoms with Gasteiger partial charge in [0.05, 0.1) is 42.2 Å². The third-order valence-corrected chi connectivity index (χ3v) is 10.6. The maximum atomic E-state index is 14.9. The quantitative estimate of drug-likeness (QED) is 0.349. The highest BCUT2D eigenvalue weighted by atomic mass is 16.5. The fourth-order valence-electron chi connectivity index (χ4n) is 8.11. The molecule has 252 valence electrons. The minimum atomic E-state index is -1.45. The van der Waals surface area contributed by atoms with Gasteiger partial charge < -0.3 is 29.3 Å². The van der Waals surface area contributed by atoms with Gasteiger partial charge in [0, 0.05) is 18.8 Å². The molecule has 1 N–H and O–H groups in total. The second-order valence-electron chi connectivity index (χ2n) is 13.3. The number of para-hydroxylation sites is 1. The van der Waals surface area contributed by atoms with E-state index in [-0.39, 0.29) is 43.5 Å². The molecule has 7 atom stereocenters. The van der Waals surface area contributed by atoms with Gasteiger partial charge in [-0.2, -0.15) is 0 Å². The second-order valence-corrected chi connectivity index (χ2v) is 13.3. The molecule has 4 aliphatic heterocycles. The zero-order valence-corrected chi connectivity index (χ0v) is 27.7. The van der Waals surface area contributed by atoms with Crippen molar-refractivity contribution in [2.75, 3.05) is 31.2 Å². The Bertz CT molecular complexity index is 1790. The van der Waals surface area contributed by atoms with Crippen LogP contribution in [0, 0.1) is 17.8 Å². The van der Waals surface area contributed by atoms with Gasteiger partial charge in [-0.15, -0.1) is 5.10 Å². The highest BCUT2D eigenvalue weighted by molar-refractivity contribution is 6.04. The topological polar surface area (TPSA) is 130 Å². The molecule has 48 heavy (non-hydrogen) atoms. The Balaban J connectivity index is 1.31. The molecule has 7 rings (SSSR count). The molecule has 0 bridgehead atoms. The lowest BCUT2D eigenvalue weighted by Crippen LogP contribution is -2.60. The number of anilines is 1. The first-order valence-electron chi connectivity index (χ1n) is 16.8. The number of fused-ring (bicyclic) bond motifs is 3. The second kappa shape index (κ2) is 12.2. The molecular weight excluding hydrogens is 612 g/mol. The Kier molecular flexibility index (Phi) is 8.11. The number of nitrogens with zero attached hydrogens (tertiary/aromatic N) is 6. The Morgan fingerprint density at radius 3 is 2.46 bits per heavy atom. The van der Waals surface area contributed by atoms with Crippen LogP contribution < -0.4 is 9.64 Å². The van der Waals surface area contributed by atoms with Gasteiger partial charge in [-0.05, 0) is 56.2 Å². The molecule has 1 aromatic heterocycles. The van der Waals surface area contributed by atoms with Crippen LogP contribution in [0.2, 0.25) is 0 Å². The minimum Gasteiger partial charge on any atom is -0.494 e. The number of ether oxygens (including phenoxy) is 2. The SMILES string of the molecule is CCOc1ccc(N2CC=C[C@@]3(C)O[C@]45C=CCN(Cn6nnc7ccccc76)C(=O)C4N([C@@H](CO)[C@@H](C)CC)C(=O)[C@@H]5[C@H]3C2=O)cc1. The van der Waals surface area contributed by atoms with Gasteiger partial charge in [0.15, 0.2) is 0 Å². The Morgan fingerprint density at radius 2 is 1.73 bits per heavy atom. The first-order chi connectivity index (χ1) is 23.2. The number of rotatable bonds is 9. The van der Waals surface area contributed by atoms with Crippen molar-refractivity contribution in [1.82, 2.24) is 24.8 Å². The molecule has 2 fully saturated rings. The number of aliphatic hydroxyl groups excluding tert-OH is 1. The average Bonchev–Trinajstić information content (AvgIpc) is 3.62. The third kappa shape index (κ3) is 4.83. The standard InChI is InChI=1S/C36H42N6O6/c1-5-23(3)28(21-43)42-31-34(46)39(22-41-27-12-8-7-11-26(27)37-38-41)19-10-18-36(31)30(33(42)45)29-32(44)40(20-9-17-35(29,4)48-36)24-13-15-25(16-14-24)47-6-2/h7-18,23,28-31,43H,5-6,19-22H2,1-4H3/t23-,28-,29-,30-,31?,35+,36-/m0/s1. The summed E-state index contributed by atoms with van der Waals surface area (Å²) in [7, 11) is 0. The Labute approximate surface area is 279 Å². The van der Waals surface area contributed by atoms with Crippen LogP contribution in [0.5, 0.6) is 5.75 Å². The maximum absolute atomic E-state index is 14.9. The Morgan fingerprint density at radius 1 is 0.979 bits per heavy atom. The summed E-state index contributed by atoms with van der Waals surface area (Å²) in [5.41, 5.74) is -0.472. The number of hydrogen-bond donors (Lipinski definition) is 1. The summed E-state index contributed by atoms with van der Waals surface area (Å²) >= 11 is 0. The first-order valence-corrected chi connectivity index (χ1v) is 16.8. The molecule has 0 saturated carbocycles. The van der Waals surface area contributed by atoms with Crippen molar-refractivity contribution in [2.24, 2.45) is 17.8 Å². The molecule has 0 aliphatic carbocycles. The number of carbonyl (C=O) groups is 3. The first kappa shape index (κ1) is 32.0. The van der Waals surface area contributed by atoms with Crippen molar-refractivity contribution in [2.45, 2.75) is 64.1 Å². The summed E-state index contributed by atoms with van der Waals surface area (Å²) in [5.74, 6) is -2.32. The number of carbonyl (C=O) groups excluding carboxylic acids is 3. The highest BCUT2D eigenvalue weighted by Crippen LogP contribution is 2.58. The van der Waals surface area contributed by atoms with Crippen LogP contribution in [-0.4, -0.2) is 97.2 Å². The fraction of sp³-hybridized carbons (Fsp3) is 0.472. The van der Waals surface area contributed by atoms with Gasteiger partial charge >= 0.3 is 0 Å². The van der Waals surface area contributed by atoms with Gasteiger partial charge in [-0.3, -0.25) is 14.4 Å². The number of amides is 3. The molecule has 2 aromatic carbocycles. The average molecular weight is 655 g/mol. The molecule has 1 spiro atoms. The van der Waals surface area contributed by atoms with Crippen molar-refractivity contribution in [1.29, 1.82) is 0 Å². The van der Waals surface area contributed by atoms with E-state index in [0.29, 0.717) is 36.5 Å². The molecule has 4 aliphatic rings. The van der Waals surface area contributed by atoms with Gasteiger partial charge in [-0.1, -0.05) is 61.9 Å². The smallest absolute Gasteiger partial charge is 0.250 e. The van der Waals surface area contributed by atoms with Crippen LogP contribution in [-0.2, 0) is 25.8 Å². The van der Waals surface area contributed by atoms with E-state index in [0.717, 1.165) is 5.52 Å². The van der Waals surface area contributed by atoms with Crippen molar-refractivity contribution in [3.8, 4) is 5.75 Å². The van der Waals surface area contributed by atoms with Gasteiger partial charge in [-0.25, -0.2) is 4.68 Å². The summed E-state index contributed by atoms with van der Waals surface area (Å²) in [6.45, 7) is 8.51. The molecule has 3 amide bonds. The zero-order valence-electron chi connectivity index (χ0n) is 27.7. The van der Waals surface area contributed by atoms with E-state index in [2.05, 4.69) is 10.3 Å². The van der Waals surface area contributed by atoms with Crippen LogP contribution >= 0.6 is 0 Å². The molecule has 2 saturated heterocycles. The van der Waals surface area contributed by atoms with Crippen LogP contribution in [0.4, 0.5) is 5.69 Å². The molecule has 1 unspecified atom stereocenters. The molecule has 3 aromatic rings. The van der Waals surface area contributed by atoms with E-state index in [4.69, 9.17) is 9.47 Å². The lowest BCUT2D eigenvalue weighted by Gasteiger charge is -2.41. The molecule has 5 heterocycles. The fourth-order valence-corrected chi connectivity index (χ4v) is 8.11. The van der Waals surface area contributed by atoms with E-state index in [9.17, 15) is 19.5 Å². The van der Waals surface area contributed by atoms with Crippen LogP contribution in [0.25, 0.3) is 11.0 Å². The minimum absolute atomic E-state index is 0.0983. The highest BCUT2D eigenvalue weighted by Gasteiger charge is 2.75. The molecular formula is C36H42N6O6. The van der Waals surface area contributed by atoms with Crippen LogP contribution in [0.3, 0.4) is 0 Å². The van der Waals surface area contributed by atoms with Gasteiger partial charge in [0.2, 0.25) is 11.8 Å². The lowest BCUT2D eigenvalue weighted by molar-refractivity contribution is -0.156. The number of aromatic nitrogens is 3. The van der Waals surface area contributed by atoms with Crippen molar-refractivity contribution >= 4 is 34.4 Å². The summed E-state index contributed by atoms with van der Waals surface area (Å²) in [5, 5.41) is 19.3. The normalized spacial score (nSPS) is 29.5. The third-order valence-electron chi connectivity index (χ3n) is 10.6. The number of benzene rings is 2. The van der Waals surface area contributed by atoms with E-state index in [1.165, 1.54) is 4.90 Å². The predicted octanol–water partition coefficient (Wildman–Crippen LogP) is 3.17. The largest absolute Gasteiger partial charge is 0.494 e. The number of hydrogen-bond acceptors (Lipinski definition) is 8. The van der Waals surface area contributed by atoms with Crippen LogP contribution in [0.15, 0.2) is 72.8 Å². The van der Waals surface area contributed by atoms with E-state index >= 15 is 0 Å². The van der Waals surface area contributed by atoms with Crippen molar-refractivity contribution < 1.29 is 29.0 Å². The maximum Gasteiger partial charge on any atom is 0.250 e. The van der Waals surface area contributed by atoms with Gasteiger partial charge in [0.25, 0.3) is 5.91 Å². The van der Waals surface area contributed by atoms with E-state index in [1.807, 2.05) is 101 Å². The predicted molar refractivity (Wildman–Crippen MR) is 178 cm³/mol. The zero-order chi connectivity index (χ0) is 33.8. The summed E-state index contributed by atoms with van der Waals surface area (Å²) < 4.78 is 14.3. The monoisotopic (exact) mass is 654 g/mol. The van der Waals surface area contributed by atoms with E-state index in [1.54, 1.807) is 14.5 Å². The summed E-state index contributed by atoms with van der Waals surface area (Å²) in [4.78, 5) is 49.4. The van der Waals surface area contributed by atoms with E-state index < -0.39 is 35.1 Å². The number of aliphatic hydroxyl groups is 1. The lowest BCUT2D eigenvalue weighted by atomic mass is 9.74. The van der Waals surface area contributed by atoms with Gasteiger partial charge in [0.1, 0.15) is 29.6 Å². The summed E-state index contributed by atoms with van der Waals surface area (Å²) in [6.07, 6.45) is 8.11. The summed E-state index contributed by atoms with van der Waals surface area (Å²) in [6, 6.07) is 13.1. The van der Waals surface area contributed by atoms with Crippen molar-refractivity contribution in [3.63, 3.8) is 0 Å². The number of likely N-dealkylation sites (tertiary alicyclic amines) is 1. The Hall–Kier alpha value is -4.55. The molecule has 0 radical (unpaired) electrons.